The van der Waals surface area contributed by atoms with Crippen molar-refractivity contribution < 1.29 is 14.6 Å². The van der Waals surface area contributed by atoms with Gasteiger partial charge in [-0.1, -0.05) is 6.92 Å². The Morgan fingerprint density at radius 3 is 2.84 bits per heavy atom. The third kappa shape index (κ3) is 5.54. The standard InChI is InChI=1S/C13H21N3O3/c1-4-8-19-11-9-10(2)14-13(15-11)16(3)7-5-6-12(17)18/h9H,4-8H2,1-3H3,(H,17,18). The Morgan fingerprint density at radius 2 is 2.21 bits per heavy atom. The molecule has 0 atom stereocenters. The van der Waals surface area contributed by atoms with Gasteiger partial charge >= 0.3 is 5.97 Å². The van der Waals surface area contributed by atoms with Crippen LogP contribution in [0, 0.1) is 6.92 Å². The van der Waals surface area contributed by atoms with Crippen molar-refractivity contribution in [3.8, 4) is 5.88 Å². The molecule has 1 N–H and O–H groups in total. The van der Waals surface area contributed by atoms with Crippen molar-refractivity contribution >= 4 is 11.9 Å². The first-order chi connectivity index (χ1) is 9.02. The smallest absolute Gasteiger partial charge is 0.303 e. The Labute approximate surface area is 113 Å². The van der Waals surface area contributed by atoms with Crippen LogP contribution in [0.25, 0.3) is 0 Å². The maximum Gasteiger partial charge on any atom is 0.303 e. The van der Waals surface area contributed by atoms with Gasteiger partial charge in [-0.3, -0.25) is 4.79 Å². The summed E-state index contributed by atoms with van der Waals surface area (Å²) in [5, 5.41) is 8.61. The molecule has 6 nitrogen and oxygen atoms in total. The van der Waals surface area contributed by atoms with Crippen LogP contribution in [-0.4, -0.2) is 41.2 Å². The molecule has 0 spiro atoms. The van der Waals surface area contributed by atoms with E-state index in [0.29, 0.717) is 31.4 Å². The number of anilines is 1. The van der Waals surface area contributed by atoms with E-state index in [0.717, 1.165) is 12.1 Å². The normalized spacial score (nSPS) is 10.3. The largest absolute Gasteiger partial charge is 0.481 e. The van der Waals surface area contributed by atoms with Crippen LogP contribution in [-0.2, 0) is 4.79 Å². The SMILES string of the molecule is CCCOc1cc(C)nc(N(C)CCCC(=O)O)n1. The van der Waals surface area contributed by atoms with Gasteiger partial charge in [-0.2, -0.15) is 4.98 Å². The molecule has 0 amide bonds. The Balaban J connectivity index is 2.64. The summed E-state index contributed by atoms with van der Waals surface area (Å²) in [5.74, 6) is 0.344. The molecule has 0 radical (unpaired) electrons. The average molecular weight is 267 g/mol. The molecule has 1 heterocycles. The number of carbonyl (C=O) groups is 1. The van der Waals surface area contributed by atoms with E-state index in [4.69, 9.17) is 9.84 Å². The third-order valence-electron chi connectivity index (χ3n) is 2.50. The topological polar surface area (TPSA) is 75.5 Å². The molecule has 19 heavy (non-hydrogen) atoms. The molecule has 0 saturated heterocycles. The van der Waals surface area contributed by atoms with Crippen LogP contribution in [0.15, 0.2) is 6.07 Å². The summed E-state index contributed by atoms with van der Waals surface area (Å²) in [6.07, 6.45) is 1.64. The first-order valence-corrected chi connectivity index (χ1v) is 6.44. The number of aliphatic carboxylic acids is 1. The number of carboxylic acid groups (broad SMARTS) is 1. The highest BCUT2D eigenvalue weighted by atomic mass is 16.5. The minimum atomic E-state index is -0.787. The average Bonchev–Trinajstić information content (AvgIpc) is 2.35. The second-order valence-corrected chi connectivity index (χ2v) is 4.41. The van der Waals surface area contributed by atoms with Gasteiger partial charge in [0.15, 0.2) is 0 Å². The maximum atomic E-state index is 10.5. The Bertz CT molecular complexity index is 424. The summed E-state index contributed by atoms with van der Waals surface area (Å²) >= 11 is 0. The number of aromatic nitrogens is 2. The van der Waals surface area contributed by atoms with Gasteiger partial charge in [-0.15, -0.1) is 0 Å². The number of aryl methyl sites for hydroxylation is 1. The molecule has 0 bridgehead atoms. The van der Waals surface area contributed by atoms with Gasteiger partial charge in [0.2, 0.25) is 11.8 Å². The molecule has 0 unspecified atom stereocenters. The van der Waals surface area contributed by atoms with E-state index in [9.17, 15) is 4.79 Å². The second kappa shape index (κ2) is 7.56. The predicted octanol–water partition coefficient (Wildman–Crippen LogP) is 1.87. The van der Waals surface area contributed by atoms with Crippen LogP contribution >= 0.6 is 0 Å². The summed E-state index contributed by atoms with van der Waals surface area (Å²) in [5.41, 5.74) is 0.834. The van der Waals surface area contributed by atoms with Crippen molar-refractivity contribution in [2.24, 2.45) is 0 Å². The minimum absolute atomic E-state index is 0.148. The summed E-state index contributed by atoms with van der Waals surface area (Å²) in [4.78, 5) is 21.0. The summed E-state index contributed by atoms with van der Waals surface area (Å²) in [6.45, 7) is 5.14. The van der Waals surface area contributed by atoms with Gasteiger partial charge in [0.25, 0.3) is 0 Å². The maximum absolute atomic E-state index is 10.5. The van der Waals surface area contributed by atoms with Gasteiger partial charge < -0.3 is 14.7 Å². The Hall–Kier alpha value is -1.85. The van der Waals surface area contributed by atoms with Crippen LogP contribution in [0.5, 0.6) is 5.88 Å². The minimum Gasteiger partial charge on any atom is -0.481 e. The molecular weight excluding hydrogens is 246 g/mol. The second-order valence-electron chi connectivity index (χ2n) is 4.41. The molecule has 0 aromatic carbocycles. The summed E-state index contributed by atoms with van der Waals surface area (Å²) in [7, 11) is 1.85. The molecule has 1 rings (SSSR count). The Kier molecular flexibility index (Phi) is 6.05. The van der Waals surface area contributed by atoms with Gasteiger partial charge in [-0.25, -0.2) is 4.98 Å². The zero-order chi connectivity index (χ0) is 14.3. The van der Waals surface area contributed by atoms with Gasteiger partial charge in [0.05, 0.1) is 6.61 Å². The fourth-order valence-corrected chi connectivity index (χ4v) is 1.54. The molecule has 0 fully saturated rings. The highest BCUT2D eigenvalue weighted by molar-refractivity contribution is 5.66. The molecular formula is C13H21N3O3. The monoisotopic (exact) mass is 267 g/mol. The van der Waals surface area contributed by atoms with E-state index in [2.05, 4.69) is 9.97 Å². The molecule has 6 heteroatoms. The molecule has 106 valence electrons. The lowest BCUT2D eigenvalue weighted by molar-refractivity contribution is -0.137. The van der Waals surface area contributed by atoms with E-state index in [1.165, 1.54) is 0 Å². The molecule has 1 aromatic rings. The lowest BCUT2D eigenvalue weighted by Crippen LogP contribution is -2.22. The molecule has 0 aliphatic rings. The highest BCUT2D eigenvalue weighted by Gasteiger charge is 2.08. The number of carboxylic acids is 1. The predicted molar refractivity (Wildman–Crippen MR) is 72.7 cm³/mol. The number of nitrogens with zero attached hydrogens (tertiary/aromatic N) is 3. The first-order valence-electron chi connectivity index (χ1n) is 6.44. The van der Waals surface area contributed by atoms with Crippen LogP contribution in [0.3, 0.4) is 0 Å². The van der Waals surface area contributed by atoms with E-state index in [1.807, 2.05) is 25.8 Å². The van der Waals surface area contributed by atoms with E-state index < -0.39 is 5.97 Å². The van der Waals surface area contributed by atoms with Crippen molar-refractivity contribution in [3.05, 3.63) is 11.8 Å². The zero-order valence-corrected chi connectivity index (χ0v) is 11.7. The van der Waals surface area contributed by atoms with Gasteiger partial charge in [0.1, 0.15) is 0 Å². The number of hydrogen-bond donors (Lipinski definition) is 1. The summed E-state index contributed by atoms with van der Waals surface area (Å²) in [6, 6.07) is 1.80. The lowest BCUT2D eigenvalue weighted by Gasteiger charge is -2.17. The van der Waals surface area contributed by atoms with Crippen molar-refractivity contribution in [3.63, 3.8) is 0 Å². The number of rotatable bonds is 8. The molecule has 0 aliphatic heterocycles. The van der Waals surface area contributed by atoms with Crippen LogP contribution in [0.1, 0.15) is 31.9 Å². The van der Waals surface area contributed by atoms with E-state index in [1.54, 1.807) is 6.07 Å². The third-order valence-corrected chi connectivity index (χ3v) is 2.50. The Morgan fingerprint density at radius 1 is 1.47 bits per heavy atom. The quantitative estimate of drug-likeness (QED) is 0.775. The fraction of sp³-hybridized carbons (Fsp3) is 0.615. The highest BCUT2D eigenvalue weighted by Crippen LogP contribution is 2.15. The van der Waals surface area contributed by atoms with Crippen molar-refractivity contribution in [1.29, 1.82) is 0 Å². The molecule has 0 aliphatic carbocycles. The van der Waals surface area contributed by atoms with Crippen LogP contribution < -0.4 is 9.64 Å². The van der Waals surface area contributed by atoms with Crippen molar-refractivity contribution in [1.82, 2.24) is 9.97 Å². The van der Waals surface area contributed by atoms with Gasteiger partial charge in [0, 0.05) is 31.8 Å². The van der Waals surface area contributed by atoms with E-state index in [-0.39, 0.29) is 6.42 Å². The van der Waals surface area contributed by atoms with Crippen LogP contribution in [0.4, 0.5) is 5.95 Å². The zero-order valence-electron chi connectivity index (χ0n) is 11.7. The number of hydrogen-bond acceptors (Lipinski definition) is 5. The molecule has 1 aromatic heterocycles. The van der Waals surface area contributed by atoms with Crippen LogP contribution in [0.2, 0.25) is 0 Å². The van der Waals surface area contributed by atoms with Gasteiger partial charge in [-0.05, 0) is 19.8 Å². The summed E-state index contributed by atoms with van der Waals surface area (Å²) < 4.78 is 5.50. The van der Waals surface area contributed by atoms with Crippen molar-refractivity contribution in [2.75, 3.05) is 25.1 Å². The van der Waals surface area contributed by atoms with Crippen molar-refractivity contribution in [2.45, 2.75) is 33.1 Å². The molecule has 0 saturated carbocycles. The lowest BCUT2D eigenvalue weighted by atomic mass is 10.3. The number of ether oxygens (including phenoxy) is 1. The first kappa shape index (κ1) is 15.2. The van der Waals surface area contributed by atoms with E-state index >= 15 is 0 Å². The fourth-order valence-electron chi connectivity index (χ4n) is 1.54.